The zero-order valence-electron chi connectivity index (χ0n) is 15.5. The number of phenols is 1. The van der Waals surface area contributed by atoms with Gasteiger partial charge in [-0.3, -0.25) is 5.10 Å². The Hall–Kier alpha value is -2.99. The Bertz CT molecular complexity index is 969. The quantitative estimate of drug-likeness (QED) is 0.648. The molecule has 2 fully saturated rings. The summed E-state index contributed by atoms with van der Waals surface area (Å²) in [4.78, 5) is 0. The van der Waals surface area contributed by atoms with Crippen molar-refractivity contribution in [1.82, 2.24) is 25.7 Å². The number of aromatic amines is 1. The molecule has 3 aromatic rings. The lowest BCUT2D eigenvalue weighted by Crippen LogP contribution is -2.37. The summed E-state index contributed by atoms with van der Waals surface area (Å²) in [6, 6.07) is 10.8. The molecule has 0 spiro atoms. The number of piperidine rings is 1. The number of allylic oxidation sites excluding steroid dienone is 1. The Labute approximate surface area is 163 Å². The molecular weight excluding hydrogens is 350 g/mol. The summed E-state index contributed by atoms with van der Waals surface area (Å²) in [7, 11) is 0. The number of rotatable bonds is 4. The summed E-state index contributed by atoms with van der Waals surface area (Å²) in [5.41, 5.74) is 4.01. The molecule has 1 aromatic carbocycles. The van der Waals surface area contributed by atoms with Gasteiger partial charge < -0.3 is 10.4 Å². The molecule has 6 heteroatoms. The van der Waals surface area contributed by atoms with Crippen LogP contribution in [-0.2, 0) is 0 Å². The fourth-order valence-electron chi connectivity index (χ4n) is 4.40. The fourth-order valence-corrected chi connectivity index (χ4v) is 4.40. The second kappa shape index (κ2) is 7.20. The van der Waals surface area contributed by atoms with Gasteiger partial charge in [-0.25, -0.2) is 0 Å². The summed E-state index contributed by atoms with van der Waals surface area (Å²) in [6.07, 6.45) is 12.9. The number of phenolic OH excluding ortho intramolecular Hbond substituents is 1. The molecule has 6 nitrogen and oxygen atoms in total. The minimum absolute atomic E-state index is 0.182. The van der Waals surface area contributed by atoms with E-state index >= 15 is 0 Å². The highest BCUT2D eigenvalue weighted by molar-refractivity contribution is 5.73. The van der Waals surface area contributed by atoms with Crippen LogP contribution in [0.25, 0.3) is 28.5 Å². The van der Waals surface area contributed by atoms with Crippen molar-refractivity contribution in [3.05, 3.63) is 54.5 Å². The molecule has 0 radical (unpaired) electrons. The van der Waals surface area contributed by atoms with E-state index in [1.165, 1.54) is 25.7 Å². The minimum atomic E-state index is 0.182. The zero-order chi connectivity index (χ0) is 18.9. The van der Waals surface area contributed by atoms with Crippen LogP contribution < -0.4 is 5.32 Å². The van der Waals surface area contributed by atoms with Gasteiger partial charge >= 0.3 is 0 Å². The van der Waals surface area contributed by atoms with E-state index in [-0.39, 0.29) is 5.75 Å². The third kappa shape index (κ3) is 3.43. The van der Waals surface area contributed by atoms with Gasteiger partial charge in [-0.15, -0.1) is 5.10 Å². The smallest absolute Gasteiger partial charge is 0.125 e. The molecule has 5 rings (SSSR count). The van der Waals surface area contributed by atoms with E-state index in [4.69, 9.17) is 0 Å². The SMILES string of the molecule is Oc1cc(-c2cn[nH]c2)ccc1-c1ccc(C=CC2C[C@H]3CC[C@@H](C2)N3)nn1. The lowest BCUT2D eigenvalue weighted by Gasteiger charge is -2.26. The van der Waals surface area contributed by atoms with Crippen LogP contribution in [0.15, 0.2) is 48.8 Å². The maximum atomic E-state index is 10.4. The van der Waals surface area contributed by atoms with Gasteiger partial charge in [0.1, 0.15) is 5.75 Å². The highest BCUT2D eigenvalue weighted by Gasteiger charge is 2.32. The fraction of sp³-hybridized carbons (Fsp3) is 0.318. The van der Waals surface area contributed by atoms with Crippen molar-refractivity contribution in [3.63, 3.8) is 0 Å². The maximum absolute atomic E-state index is 10.4. The summed E-state index contributed by atoms with van der Waals surface area (Å²) in [5.74, 6) is 0.807. The van der Waals surface area contributed by atoms with Crippen LogP contribution in [0.1, 0.15) is 31.4 Å². The lowest BCUT2D eigenvalue weighted by molar-refractivity contribution is 0.345. The molecule has 0 saturated carbocycles. The number of aromatic hydroxyl groups is 1. The molecule has 3 N–H and O–H groups in total. The molecule has 2 aromatic heterocycles. The van der Waals surface area contributed by atoms with Crippen molar-refractivity contribution >= 4 is 6.08 Å². The van der Waals surface area contributed by atoms with E-state index in [0.717, 1.165) is 16.8 Å². The first-order valence-corrected chi connectivity index (χ1v) is 9.85. The Morgan fingerprint density at radius 1 is 1.00 bits per heavy atom. The highest BCUT2D eigenvalue weighted by Crippen LogP contribution is 2.33. The maximum Gasteiger partial charge on any atom is 0.125 e. The molecule has 2 aliphatic rings. The van der Waals surface area contributed by atoms with Gasteiger partial charge in [0.25, 0.3) is 0 Å². The monoisotopic (exact) mass is 373 g/mol. The van der Waals surface area contributed by atoms with Crippen LogP contribution in [0, 0.1) is 5.92 Å². The Balaban J connectivity index is 1.30. The van der Waals surface area contributed by atoms with E-state index in [0.29, 0.717) is 29.3 Å². The summed E-state index contributed by atoms with van der Waals surface area (Å²) < 4.78 is 0. The average Bonchev–Trinajstić information content (AvgIpc) is 3.37. The van der Waals surface area contributed by atoms with Crippen molar-refractivity contribution in [2.75, 3.05) is 0 Å². The first-order valence-electron chi connectivity index (χ1n) is 9.85. The Morgan fingerprint density at radius 2 is 1.86 bits per heavy atom. The van der Waals surface area contributed by atoms with Gasteiger partial charge in [0.2, 0.25) is 0 Å². The van der Waals surface area contributed by atoms with Crippen LogP contribution in [0.2, 0.25) is 0 Å². The number of nitrogens with one attached hydrogen (secondary N) is 2. The van der Waals surface area contributed by atoms with Gasteiger partial charge in [-0.1, -0.05) is 12.1 Å². The third-order valence-corrected chi connectivity index (χ3v) is 5.84. The van der Waals surface area contributed by atoms with Gasteiger partial charge in [-0.2, -0.15) is 10.2 Å². The van der Waals surface area contributed by atoms with Gasteiger partial charge in [-0.05, 0) is 67.5 Å². The van der Waals surface area contributed by atoms with Crippen molar-refractivity contribution in [2.24, 2.45) is 5.92 Å². The van der Waals surface area contributed by atoms with Gasteiger partial charge in [0.15, 0.2) is 0 Å². The second-order valence-electron chi connectivity index (χ2n) is 7.79. The molecule has 1 unspecified atom stereocenters. The number of benzene rings is 1. The van der Waals surface area contributed by atoms with Gasteiger partial charge in [0, 0.05) is 29.4 Å². The largest absolute Gasteiger partial charge is 0.507 e. The number of H-pyrrole nitrogens is 1. The Morgan fingerprint density at radius 3 is 2.54 bits per heavy atom. The van der Waals surface area contributed by atoms with Crippen molar-refractivity contribution in [1.29, 1.82) is 0 Å². The van der Waals surface area contributed by atoms with Gasteiger partial charge in [0.05, 0.1) is 17.6 Å². The first kappa shape index (κ1) is 17.1. The normalized spacial score (nSPS) is 24.1. The van der Waals surface area contributed by atoms with Crippen LogP contribution in [0.3, 0.4) is 0 Å². The van der Waals surface area contributed by atoms with Crippen LogP contribution in [0.4, 0.5) is 0 Å². The molecule has 142 valence electrons. The van der Waals surface area contributed by atoms with Crippen molar-refractivity contribution in [3.8, 4) is 28.1 Å². The minimum Gasteiger partial charge on any atom is -0.507 e. The van der Waals surface area contributed by atoms with Crippen molar-refractivity contribution in [2.45, 2.75) is 37.8 Å². The second-order valence-corrected chi connectivity index (χ2v) is 7.79. The standard InChI is InChI=1S/C22H23N5O/c28-22-11-15(16-12-23-24-13-16)2-7-20(22)21-8-6-17(26-27-21)3-1-14-9-18-4-5-19(10-14)25-18/h1-3,6-8,11-14,18-19,25,28H,4-5,9-10H2,(H,23,24)/t14?,18-,19+. The molecule has 4 heterocycles. The summed E-state index contributed by atoms with van der Waals surface area (Å²) in [5, 5.41) is 29.5. The molecule has 3 atom stereocenters. The molecule has 0 aliphatic carbocycles. The zero-order valence-corrected chi connectivity index (χ0v) is 15.5. The summed E-state index contributed by atoms with van der Waals surface area (Å²) >= 11 is 0. The van der Waals surface area contributed by atoms with E-state index in [1.54, 1.807) is 18.5 Å². The lowest BCUT2D eigenvalue weighted by atomic mass is 9.92. The summed E-state index contributed by atoms with van der Waals surface area (Å²) in [6.45, 7) is 0. The number of hydrogen-bond acceptors (Lipinski definition) is 5. The molecule has 0 amide bonds. The van der Waals surface area contributed by atoms with E-state index in [2.05, 4.69) is 37.9 Å². The van der Waals surface area contributed by atoms with Crippen molar-refractivity contribution < 1.29 is 5.11 Å². The van der Waals surface area contributed by atoms with Crippen LogP contribution in [-0.4, -0.2) is 37.6 Å². The molecule has 2 bridgehead atoms. The first-order chi connectivity index (χ1) is 13.7. The molecule has 28 heavy (non-hydrogen) atoms. The Kier molecular flexibility index (Phi) is 4.41. The third-order valence-electron chi connectivity index (χ3n) is 5.84. The van der Waals surface area contributed by atoms with E-state index in [1.807, 2.05) is 24.3 Å². The number of fused-ring (bicyclic) bond motifs is 2. The number of aromatic nitrogens is 4. The van der Waals surface area contributed by atoms with Crippen LogP contribution >= 0.6 is 0 Å². The number of hydrogen-bond donors (Lipinski definition) is 3. The van der Waals surface area contributed by atoms with E-state index in [9.17, 15) is 5.11 Å². The number of nitrogens with zero attached hydrogens (tertiary/aromatic N) is 3. The predicted octanol–water partition coefficient (Wildman–Crippen LogP) is 3.78. The molecule has 2 saturated heterocycles. The van der Waals surface area contributed by atoms with E-state index < -0.39 is 0 Å². The highest BCUT2D eigenvalue weighted by atomic mass is 16.3. The average molecular weight is 373 g/mol. The van der Waals surface area contributed by atoms with Crippen LogP contribution in [0.5, 0.6) is 5.75 Å². The predicted molar refractivity (Wildman–Crippen MR) is 108 cm³/mol. The molecular formula is C22H23N5O. The molecule has 2 aliphatic heterocycles. The topological polar surface area (TPSA) is 86.7 Å².